The maximum absolute atomic E-state index is 5.41. The van der Waals surface area contributed by atoms with Gasteiger partial charge in [0, 0.05) is 11.1 Å². The van der Waals surface area contributed by atoms with Crippen LogP contribution in [0, 0.1) is 4.64 Å². The second-order valence-electron chi connectivity index (χ2n) is 5.27. The third kappa shape index (κ3) is 2.34. The van der Waals surface area contributed by atoms with Crippen LogP contribution < -0.4 is 4.74 Å². The fourth-order valence-electron chi connectivity index (χ4n) is 1.77. The Labute approximate surface area is 112 Å². The van der Waals surface area contributed by atoms with Crippen LogP contribution in [-0.4, -0.2) is 16.9 Å². The van der Waals surface area contributed by atoms with E-state index in [1.165, 1.54) is 0 Å². The minimum Gasteiger partial charge on any atom is -0.494 e. The number of rotatable bonds is 2. The summed E-state index contributed by atoms with van der Waals surface area (Å²) in [4.78, 5) is 0. The molecule has 2 aromatic rings. The zero-order valence-electron chi connectivity index (χ0n) is 11.2. The smallest absolute Gasteiger partial charge is 0.144 e. The number of H-pyrrole nitrogens is 1. The first-order valence-corrected chi connectivity index (χ1v) is 6.30. The van der Waals surface area contributed by atoms with Crippen molar-refractivity contribution in [2.75, 3.05) is 7.11 Å². The molecule has 0 saturated carbocycles. The van der Waals surface area contributed by atoms with Crippen LogP contribution in [0.3, 0.4) is 0 Å². The molecule has 0 bridgehead atoms. The molecule has 96 valence electrons. The molecular formula is C14H18N2OS. The summed E-state index contributed by atoms with van der Waals surface area (Å²) < 4.78 is 8.00. The van der Waals surface area contributed by atoms with Crippen molar-refractivity contribution in [1.82, 2.24) is 9.78 Å². The van der Waals surface area contributed by atoms with Crippen LogP contribution in [0.25, 0.3) is 5.69 Å². The van der Waals surface area contributed by atoms with E-state index < -0.39 is 0 Å². The molecule has 0 radical (unpaired) electrons. The molecular weight excluding hydrogens is 244 g/mol. The number of benzene rings is 1. The van der Waals surface area contributed by atoms with Crippen molar-refractivity contribution in [2.24, 2.45) is 0 Å². The Kier molecular flexibility index (Phi) is 3.30. The van der Waals surface area contributed by atoms with Gasteiger partial charge in [-0.1, -0.05) is 45.1 Å². The van der Waals surface area contributed by atoms with Crippen LogP contribution >= 0.6 is 12.2 Å². The van der Waals surface area contributed by atoms with E-state index in [2.05, 4.69) is 25.9 Å². The maximum atomic E-state index is 5.41. The lowest BCUT2D eigenvalue weighted by molar-refractivity contribution is 0.411. The van der Waals surface area contributed by atoms with E-state index in [-0.39, 0.29) is 5.41 Å². The van der Waals surface area contributed by atoms with E-state index in [1.807, 2.05) is 35.0 Å². The van der Waals surface area contributed by atoms with Gasteiger partial charge in [0.15, 0.2) is 0 Å². The van der Waals surface area contributed by atoms with Crippen molar-refractivity contribution < 1.29 is 4.74 Å². The van der Waals surface area contributed by atoms with Crippen LogP contribution in [0.15, 0.2) is 30.3 Å². The Morgan fingerprint density at radius 1 is 1.22 bits per heavy atom. The summed E-state index contributed by atoms with van der Waals surface area (Å²) in [5, 5.41) is 3.34. The van der Waals surface area contributed by atoms with Gasteiger partial charge in [0.1, 0.15) is 16.1 Å². The lowest BCUT2D eigenvalue weighted by atomic mass is 9.93. The Bertz CT molecular complexity index is 605. The average molecular weight is 262 g/mol. The number of hydrogen-bond donors (Lipinski definition) is 1. The van der Waals surface area contributed by atoms with E-state index in [0.717, 1.165) is 21.8 Å². The van der Waals surface area contributed by atoms with Gasteiger partial charge < -0.3 is 4.74 Å². The van der Waals surface area contributed by atoms with Gasteiger partial charge in [-0.2, -0.15) is 0 Å². The molecule has 0 atom stereocenters. The number of nitrogens with zero attached hydrogens (tertiary/aromatic N) is 1. The Balaban J connectivity index is 2.59. The molecule has 1 aromatic heterocycles. The summed E-state index contributed by atoms with van der Waals surface area (Å²) in [5.41, 5.74) is 2.08. The fraction of sp³-hybridized carbons (Fsp3) is 0.357. The second-order valence-corrected chi connectivity index (χ2v) is 5.68. The molecule has 4 heteroatoms. The highest BCUT2D eigenvalue weighted by atomic mass is 32.1. The molecule has 1 N–H and O–H groups in total. The Morgan fingerprint density at radius 3 is 2.44 bits per heavy atom. The van der Waals surface area contributed by atoms with E-state index in [9.17, 15) is 0 Å². The molecule has 0 aliphatic carbocycles. The zero-order chi connectivity index (χ0) is 13.3. The number of aromatic amines is 1. The molecule has 0 saturated heterocycles. The van der Waals surface area contributed by atoms with Crippen molar-refractivity contribution >= 4 is 12.2 Å². The van der Waals surface area contributed by atoms with Gasteiger partial charge in [-0.15, -0.1) is 0 Å². The third-order valence-electron chi connectivity index (χ3n) is 2.85. The second kappa shape index (κ2) is 4.61. The van der Waals surface area contributed by atoms with Gasteiger partial charge >= 0.3 is 0 Å². The zero-order valence-corrected chi connectivity index (χ0v) is 12.0. The van der Waals surface area contributed by atoms with Crippen LogP contribution in [0.2, 0.25) is 0 Å². The monoisotopic (exact) mass is 262 g/mol. The molecule has 1 heterocycles. The quantitative estimate of drug-likeness (QED) is 0.833. The minimum atomic E-state index is 0.0425. The van der Waals surface area contributed by atoms with Crippen molar-refractivity contribution in [3.8, 4) is 11.4 Å². The molecule has 1 aromatic carbocycles. The normalized spacial score (nSPS) is 11.6. The van der Waals surface area contributed by atoms with E-state index in [1.54, 1.807) is 7.11 Å². The first-order chi connectivity index (χ1) is 8.43. The molecule has 18 heavy (non-hydrogen) atoms. The van der Waals surface area contributed by atoms with Crippen LogP contribution in [0.4, 0.5) is 0 Å². The molecule has 3 nitrogen and oxygen atoms in total. The third-order valence-corrected chi connectivity index (χ3v) is 3.15. The van der Waals surface area contributed by atoms with Gasteiger partial charge in [-0.25, -0.2) is 4.68 Å². The lowest BCUT2D eigenvalue weighted by Crippen LogP contribution is -2.12. The van der Waals surface area contributed by atoms with E-state index in [4.69, 9.17) is 17.0 Å². The van der Waals surface area contributed by atoms with Gasteiger partial charge in [0.05, 0.1) is 7.11 Å². The summed E-state index contributed by atoms with van der Waals surface area (Å²) in [5.74, 6) is 0.802. The summed E-state index contributed by atoms with van der Waals surface area (Å²) in [6, 6.07) is 9.82. The molecule has 0 amide bonds. The fourth-order valence-corrected chi connectivity index (χ4v) is 2.04. The van der Waals surface area contributed by atoms with Gasteiger partial charge in [-0.05, 0) is 18.2 Å². The highest BCUT2D eigenvalue weighted by molar-refractivity contribution is 7.71. The molecule has 0 fully saturated rings. The van der Waals surface area contributed by atoms with Crippen molar-refractivity contribution in [3.05, 3.63) is 40.7 Å². The molecule has 0 aliphatic heterocycles. The van der Waals surface area contributed by atoms with Crippen molar-refractivity contribution in [2.45, 2.75) is 26.2 Å². The topological polar surface area (TPSA) is 29.9 Å². The molecule has 0 aliphatic rings. The highest BCUT2D eigenvalue weighted by Crippen LogP contribution is 2.25. The van der Waals surface area contributed by atoms with Crippen LogP contribution in [0.5, 0.6) is 5.75 Å². The summed E-state index contributed by atoms with van der Waals surface area (Å²) in [6.07, 6.45) is 0. The highest BCUT2D eigenvalue weighted by Gasteiger charge is 2.17. The summed E-state index contributed by atoms with van der Waals surface area (Å²) in [6.45, 7) is 6.46. The van der Waals surface area contributed by atoms with Gasteiger partial charge in [0.2, 0.25) is 0 Å². The number of nitrogens with one attached hydrogen (secondary N) is 1. The minimum absolute atomic E-state index is 0.0425. The summed E-state index contributed by atoms with van der Waals surface area (Å²) >= 11 is 5.41. The predicted octanol–water partition coefficient (Wildman–Crippen LogP) is 3.84. The van der Waals surface area contributed by atoms with Gasteiger partial charge in [0.25, 0.3) is 0 Å². The number of methoxy groups -OCH3 is 1. The molecule has 0 spiro atoms. The number of ether oxygens (including phenoxy) is 1. The first kappa shape index (κ1) is 12.9. The standard InChI is InChI=1S/C14H18N2OS/c1-14(2,3)12-9-13(18)16(15-12)10-7-5-6-8-11(10)17-4/h5-9,15H,1-4H3. The van der Waals surface area contributed by atoms with Gasteiger partial charge in [-0.3, -0.25) is 5.10 Å². The van der Waals surface area contributed by atoms with Crippen LogP contribution in [-0.2, 0) is 5.41 Å². The predicted molar refractivity (Wildman–Crippen MR) is 76.2 cm³/mol. The number of para-hydroxylation sites is 2. The Morgan fingerprint density at radius 2 is 1.89 bits per heavy atom. The molecule has 0 unspecified atom stereocenters. The lowest BCUT2D eigenvalue weighted by Gasteiger charge is -2.16. The van der Waals surface area contributed by atoms with Crippen molar-refractivity contribution in [1.29, 1.82) is 0 Å². The average Bonchev–Trinajstić information content (AvgIpc) is 2.71. The Hall–Kier alpha value is -1.55. The number of aromatic nitrogens is 2. The maximum Gasteiger partial charge on any atom is 0.144 e. The largest absolute Gasteiger partial charge is 0.494 e. The number of hydrogen-bond acceptors (Lipinski definition) is 2. The van der Waals surface area contributed by atoms with E-state index in [0.29, 0.717) is 0 Å². The summed E-state index contributed by atoms with van der Waals surface area (Å²) in [7, 11) is 1.66. The van der Waals surface area contributed by atoms with Crippen LogP contribution in [0.1, 0.15) is 26.5 Å². The first-order valence-electron chi connectivity index (χ1n) is 5.89. The van der Waals surface area contributed by atoms with E-state index >= 15 is 0 Å². The SMILES string of the molecule is COc1ccccc1-n1[nH]c(C(C)(C)C)cc1=S. The molecule has 2 rings (SSSR count). The van der Waals surface area contributed by atoms with Crippen molar-refractivity contribution in [3.63, 3.8) is 0 Å².